The molecule has 1 aromatic heterocycles. The second-order valence-electron chi connectivity index (χ2n) is 23.3. The van der Waals surface area contributed by atoms with Crippen LogP contribution in [0.5, 0.6) is 5.75 Å². The van der Waals surface area contributed by atoms with Crippen LogP contribution < -0.4 is 54.4 Å². The number of nitrogens with one attached hydrogen (secondary N) is 8. The van der Waals surface area contributed by atoms with E-state index in [4.69, 9.17) is 17.2 Å². The standard InChI is InChI=1S/C71H81N11O9/c1-44(2)63(71(91)81-61(39-47-22-10-5-11-23-47)67(87)77-58(64(74)84)41-49-29-32-50-24-12-13-25-51(50)36-49)82-66(86)57(28-16-17-35-72)76-70(90)62(42-52-43-75-56-27-15-14-26-54(52)56)80-69(89)60(40-48-30-33-53(83)34-31-48)79-68(88)59(38-46-20-8-4-9-21-46)78-65(85)55(73)37-45-18-6-3-7-19-45/h3-15,18-27,29-34,36,43-44,55,57-63,75,83H,16-17,28,35,37-42,72-73H2,1-2H3,(H2,74,84)(H,76,90)(H,77,87)(H,78,85)(H,79,88)(H,80,89)(H,81,91)(H,82,86). The molecule has 20 nitrogen and oxygen atoms in total. The predicted molar refractivity (Wildman–Crippen MR) is 350 cm³/mol. The van der Waals surface area contributed by atoms with E-state index in [0.717, 1.165) is 32.8 Å². The molecule has 0 spiro atoms. The molecule has 8 unspecified atom stereocenters. The highest BCUT2D eigenvalue weighted by Gasteiger charge is 2.36. The van der Waals surface area contributed by atoms with Gasteiger partial charge in [-0.2, -0.15) is 0 Å². The number of hydrogen-bond donors (Lipinski definition) is 12. The summed E-state index contributed by atoms with van der Waals surface area (Å²) in [6, 6.07) is 44.0. The van der Waals surface area contributed by atoms with Crippen LogP contribution in [0.25, 0.3) is 21.7 Å². The average molecular weight is 1230 g/mol. The number of para-hydroxylation sites is 1. The van der Waals surface area contributed by atoms with Gasteiger partial charge in [-0.05, 0) is 100 Å². The van der Waals surface area contributed by atoms with Gasteiger partial charge in [0.15, 0.2) is 0 Å². The number of carbonyl (C=O) groups excluding carboxylic acids is 8. The first kappa shape index (κ1) is 66.8. The van der Waals surface area contributed by atoms with Gasteiger partial charge in [0.05, 0.1) is 6.04 Å². The van der Waals surface area contributed by atoms with Gasteiger partial charge in [-0.3, -0.25) is 38.4 Å². The van der Waals surface area contributed by atoms with Gasteiger partial charge in [-0.15, -0.1) is 0 Å². The fourth-order valence-corrected chi connectivity index (χ4v) is 10.9. The molecule has 0 bridgehead atoms. The van der Waals surface area contributed by atoms with Crippen molar-refractivity contribution in [1.29, 1.82) is 0 Å². The van der Waals surface area contributed by atoms with Crippen LogP contribution in [0.3, 0.4) is 0 Å². The molecule has 8 atom stereocenters. The first-order chi connectivity index (χ1) is 43.9. The molecule has 474 valence electrons. The van der Waals surface area contributed by atoms with E-state index in [1.165, 1.54) is 12.1 Å². The fraction of sp³-hybridized carbons (Fsp3) is 0.296. The third-order valence-corrected chi connectivity index (χ3v) is 15.9. The van der Waals surface area contributed by atoms with E-state index in [0.29, 0.717) is 35.1 Å². The molecular weight excluding hydrogens is 1150 g/mol. The number of aromatic amines is 1. The van der Waals surface area contributed by atoms with Crippen molar-refractivity contribution in [3.8, 4) is 5.75 Å². The fourth-order valence-electron chi connectivity index (χ4n) is 10.9. The van der Waals surface area contributed by atoms with E-state index in [1.54, 1.807) is 80.7 Å². The molecule has 0 saturated carbocycles. The number of aromatic hydroxyl groups is 1. The summed E-state index contributed by atoms with van der Waals surface area (Å²) < 4.78 is 0. The molecule has 0 fully saturated rings. The third kappa shape index (κ3) is 19.7. The van der Waals surface area contributed by atoms with E-state index in [1.807, 2.05) is 109 Å². The number of nitrogens with two attached hydrogens (primary N) is 3. The quantitative estimate of drug-likeness (QED) is 0.0255. The Kier molecular flexibility index (Phi) is 24.1. The number of hydrogen-bond acceptors (Lipinski definition) is 11. The number of rotatable bonds is 32. The molecular formula is C71H81N11O9. The Hall–Kier alpha value is -10.2. The highest BCUT2D eigenvalue weighted by molar-refractivity contribution is 5.99. The molecule has 8 amide bonds. The van der Waals surface area contributed by atoms with Crippen LogP contribution in [0.4, 0.5) is 0 Å². The minimum absolute atomic E-state index is 0.00808. The molecule has 20 heteroatoms. The van der Waals surface area contributed by atoms with E-state index >= 15 is 9.59 Å². The zero-order valence-electron chi connectivity index (χ0n) is 51.1. The minimum atomic E-state index is -1.40. The lowest BCUT2D eigenvalue weighted by molar-refractivity contribution is -0.136. The summed E-state index contributed by atoms with van der Waals surface area (Å²) in [6.45, 7) is 3.70. The van der Waals surface area contributed by atoms with Crippen molar-refractivity contribution in [3.05, 3.63) is 222 Å². The van der Waals surface area contributed by atoms with E-state index in [9.17, 15) is 33.9 Å². The van der Waals surface area contributed by atoms with Gasteiger partial charge < -0.3 is 64.5 Å². The summed E-state index contributed by atoms with van der Waals surface area (Å²) in [5.41, 5.74) is 23.1. The molecule has 1 heterocycles. The SMILES string of the molecule is CC(C)C(NC(=O)C(CCCCN)NC(=O)C(Cc1c[nH]c2ccccc12)NC(=O)C(Cc1ccc(O)cc1)NC(=O)C(Cc1ccccc1)NC(=O)C(N)Cc1ccccc1)C(=O)NC(Cc1ccccc1)C(=O)NC(Cc1ccc2ccccc2c1)C(N)=O. The molecule has 7 aromatic carbocycles. The van der Waals surface area contributed by atoms with Crippen LogP contribution in [0.2, 0.25) is 0 Å². The summed E-state index contributed by atoms with van der Waals surface area (Å²) in [4.78, 5) is 119. The Morgan fingerprint density at radius 2 is 0.857 bits per heavy atom. The number of H-pyrrole nitrogens is 1. The molecule has 0 aliphatic rings. The Labute approximate surface area is 529 Å². The Morgan fingerprint density at radius 1 is 0.429 bits per heavy atom. The maximum absolute atomic E-state index is 15.1. The van der Waals surface area contributed by atoms with Crippen molar-refractivity contribution in [2.75, 3.05) is 6.54 Å². The molecule has 8 rings (SSSR count). The van der Waals surface area contributed by atoms with Gasteiger partial charge in [0, 0.05) is 49.2 Å². The van der Waals surface area contributed by atoms with Crippen LogP contribution in [0.1, 0.15) is 66.5 Å². The largest absolute Gasteiger partial charge is 0.508 e. The van der Waals surface area contributed by atoms with Crippen LogP contribution in [0, 0.1) is 5.92 Å². The van der Waals surface area contributed by atoms with Gasteiger partial charge in [0.25, 0.3) is 0 Å². The van der Waals surface area contributed by atoms with Crippen LogP contribution in [-0.4, -0.2) is 112 Å². The molecule has 91 heavy (non-hydrogen) atoms. The lowest BCUT2D eigenvalue weighted by Crippen LogP contribution is -2.61. The lowest BCUT2D eigenvalue weighted by Gasteiger charge is -2.29. The van der Waals surface area contributed by atoms with Crippen molar-refractivity contribution in [2.45, 2.75) is 120 Å². The Balaban J connectivity index is 1.04. The number of aromatic nitrogens is 1. The first-order valence-electron chi connectivity index (χ1n) is 30.7. The van der Waals surface area contributed by atoms with Gasteiger partial charge in [-0.1, -0.05) is 178 Å². The lowest BCUT2D eigenvalue weighted by atomic mass is 9.98. The Morgan fingerprint density at radius 3 is 1.41 bits per heavy atom. The predicted octanol–water partition coefficient (Wildman–Crippen LogP) is 4.77. The van der Waals surface area contributed by atoms with Crippen molar-refractivity contribution in [1.82, 2.24) is 42.2 Å². The number of phenols is 1. The van der Waals surface area contributed by atoms with Crippen LogP contribution in [-0.2, 0) is 76.9 Å². The highest BCUT2D eigenvalue weighted by atomic mass is 16.3. The van der Waals surface area contributed by atoms with E-state index < -0.39 is 102 Å². The van der Waals surface area contributed by atoms with Gasteiger partial charge >= 0.3 is 0 Å². The zero-order valence-corrected chi connectivity index (χ0v) is 51.1. The topological polar surface area (TPSA) is 335 Å². The monoisotopic (exact) mass is 1230 g/mol. The summed E-state index contributed by atoms with van der Waals surface area (Å²) in [6.07, 6.45) is 2.67. The minimum Gasteiger partial charge on any atom is -0.508 e. The van der Waals surface area contributed by atoms with E-state index in [-0.39, 0.29) is 57.2 Å². The maximum atomic E-state index is 15.1. The number of fused-ring (bicyclic) bond motifs is 2. The molecule has 8 aromatic rings. The van der Waals surface area contributed by atoms with Crippen LogP contribution >= 0.6 is 0 Å². The van der Waals surface area contributed by atoms with Crippen molar-refractivity contribution in [3.63, 3.8) is 0 Å². The summed E-state index contributed by atoms with van der Waals surface area (Å²) in [7, 11) is 0. The number of amides is 8. The third-order valence-electron chi connectivity index (χ3n) is 15.9. The van der Waals surface area contributed by atoms with Gasteiger partial charge in [0.1, 0.15) is 48.0 Å². The van der Waals surface area contributed by atoms with E-state index in [2.05, 4.69) is 42.2 Å². The molecule has 0 aliphatic carbocycles. The molecule has 0 aliphatic heterocycles. The smallest absolute Gasteiger partial charge is 0.243 e. The van der Waals surface area contributed by atoms with Gasteiger partial charge in [0.2, 0.25) is 47.3 Å². The zero-order chi connectivity index (χ0) is 64.8. The normalized spacial score (nSPS) is 13.9. The summed E-state index contributed by atoms with van der Waals surface area (Å²) in [5.74, 6) is -6.42. The van der Waals surface area contributed by atoms with Gasteiger partial charge in [-0.25, -0.2) is 0 Å². The van der Waals surface area contributed by atoms with Crippen molar-refractivity contribution >= 4 is 68.9 Å². The van der Waals surface area contributed by atoms with Crippen molar-refractivity contribution in [2.24, 2.45) is 23.1 Å². The number of unbranched alkanes of at least 4 members (excludes halogenated alkanes) is 1. The van der Waals surface area contributed by atoms with Crippen LogP contribution in [0.15, 0.2) is 188 Å². The highest BCUT2D eigenvalue weighted by Crippen LogP contribution is 2.22. The number of benzene rings is 7. The Bertz CT molecular complexity index is 3750. The maximum Gasteiger partial charge on any atom is 0.243 e. The second-order valence-corrected chi connectivity index (χ2v) is 23.3. The summed E-state index contributed by atoms with van der Waals surface area (Å²) >= 11 is 0. The van der Waals surface area contributed by atoms with Crippen molar-refractivity contribution < 1.29 is 43.5 Å². The number of phenolic OH excluding ortho intramolecular Hbond substituents is 1. The second kappa shape index (κ2) is 32.9. The first-order valence-corrected chi connectivity index (χ1v) is 30.7. The molecule has 15 N–H and O–H groups in total. The molecule has 0 radical (unpaired) electrons. The number of primary amides is 1. The summed E-state index contributed by atoms with van der Waals surface area (Å²) in [5, 5.41) is 32.8. The molecule has 0 saturated heterocycles. The average Bonchev–Trinajstić information content (AvgIpc) is 2.26. The number of carbonyl (C=O) groups is 8.